The van der Waals surface area contributed by atoms with Crippen LogP contribution in [0, 0.1) is 5.92 Å². The van der Waals surface area contributed by atoms with Crippen LogP contribution >= 0.6 is 0 Å². The Kier molecular flexibility index (Phi) is 4.80. The summed E-state index contributed by atoms with van der Waals surface area (Å²) in [6.07, 6.45) is 5.62. The van der Waals surface area contributed by atoms with Crippen LogP contribution in [0.2, 0.25) is 0 Å². The second-order valence-corrected chi connectivity index (χ2v) is 5.28. The lowest BCUT2D eigenvalue weighted by Crippen LogP contribution is -2.40. The van der Waals surface area contributed by atoms with Crippen molar-refractivity contribution in [2.45, 2.75) is 51.2 Å². The van der Waals surface area contributed by atoms with Gasteiger partial charge in [0.2, 0.25) is 5.91 Å². The molecule has 2 aliphatic heterocycles. The average Bonchev–Trinajstić information content (AvgIpc) is 2.74. The van der Waals surface area contributed by atoms with E-state index in [1.807, 2.05) is 0 Å². The smallest absolute Gasteiger partial charge is 0.221 e. The number of rotatable bonds is 4. The molecule has 2 aliphatic rings. The number of carbonyl (C=O) groups excluding carboxylic acids is 1. The van der Waals surface area contributed by atoms with E-state index in [2.05, 4.69) is 17.6 Å². The molecule has 1 amide bonds. The number of nitrogens with one attached hydrogen (secondary N) is 2. The van der Waals surface area contributed by atoms with Crippen molar-refractivity contribution in [3.8, 4) is 0 Å². The van der Waals surface area contributed by atoms with Crippen molar-refractivity contribution in [2.75, 3.05) is 19.7 Å². The number of ether oxygens (including phenoxy) is 1. The van der Waals surface area contributed by atoms with E-state index in [1.165, 1.54) is 12.8 Å². The predicted octanol–water partition coefficient (Wildman–Crippen LogP) is 1.06. The predicted molar refractivity (Wildman–Crippen MR) is 66.8 cm³/mol. The fourth-order valence-electron chi connectivity index (χ4n) is 2.68. The molecule has 2 fully saturated rings. The summed E-state index contributed by atoms with van der Waals surface area (Å²) in [6, 6.07) is 0.390. The highest BCUT2D eigenvalue weighted by molar-refractivity contribution is 5.76. The van der Waals surface area contributed by atoms with Crippen molar-refractivity contribution in [2.24, 2.45) is 5.92 Å². The van der Waals surface area contributed by atoms with E-state index in [4.69, 9.17) is 4.74 Å². The molecular weight excluding hydrogens is 216 g/mol. The van der Waals surface area contributed by atoms with Gasteiger partial charge in [0, 0.05) is 31.5 Å². The summed E-state index contributed by atoms with van der Waals surface area (Å²) in [5.41, 5.74) is 0. The molecule has 0 radical (unpaired) electrons. The van der Waals surface area contributed by atoms with Gasteiger partial charge in [-0.15, -0.1) is 0 Å². The lowest BCUT2D eigenvalue weighted by molar-refractivity contribution is -0.121. The Hall–Kier alpha value is -0.610. The molecule has 3 atom stereocenters. The summed E-state index contributed by atoms with van der Waals surface area (Å²) in [4.78, 5) is 11.8. The van der Waals surface area contributed by atoms with Gasteiger partial charge in [0.1, 0.15) is 0 Å². The Labute approximate surface area is 103 Å². The molecule has 4 heteroatoms. The molecule has 0 bridgehead atoms. The molecule has 0 aromatic heterocycles. The van der Waals surface area contributed by atoms with Crippen LogP contribution in [0.25, 0.3) is 0 Å². The first kappa shape index (κ1) is 12.8. The van der Waals surface area contributed by atoms with Crippen LogP contribution < -0.4 is 10.6 Å². The van der Waals surface area contributed by atoms with Gasteiger partial charge < -0.3 is 15.4 Å². The van der Waals surface area contributed by atoms with Crippen LogP contribution in [-0.4, -0.2) is 37.7 Å². The molecule has 0 spiro atoms. The van der Waals surface area contributed by atoms with Gasteiger partial charge in [-0.05, 0) is 32.7 Å². The molecule has 2 heterocycles. The van der Waals surface area contributed by atoms with E-state index < -0.39 is 0 Å². The van der Waals surface area contributed by atoms with Crippen molar-refractivity contribution in [1.82, 2.24) is 10.6 Å². The van der Waals surface area contributed by atoms with Crippen molar-refractivity contribution in [3.05, 3.63) is 0 Å². The maximum atomic E-state index is 11.8. The van der Waals surface area contributed by atoms with E-state index in [9.17, 15) is 4.79 Å². The Bertz CT molecular complexity index is 252. The van der Waals surface area contributed by atoms with Crippen LogP contribution in [0.5, 0.6) is 0 Å². The quantitative estimate of drug-likeness (QED) is 0.772. The van der Waals surface area contributed by atoms with Crippen LogP contribution in [-0.2, 0) is 9.53 Å². The maximum Gasteiger partial charge on any atom is 0.221 e. The second kappa shape index (κ2) is 6.36. The highest BCUT2D eigenvalue weighted by Crippen LogP contribution is 2.19. The van der Waals surface area contributed by atoms with Gasteiger partial charge in [0.05, 0.1) is 6.10 Å². The molecule has 0 saturated carbocycles. The summed E-state index contributed by atoms with van der Waals surface area (Å²) in [5.74, 6) is 0.682. The molecule has 98 valence electrons. The van der Waals surface area contributed by atoms with E-state index in [-0.39, 0.29) is 5.91 Å². The van der Waals surface area contributed by atoms with Gasteiger partial charge in [-0.2, -0.15) is 0 Å². The molecule has 2 N–H and O–H groups in total. The molecule has 2 saturated heterocycles. The normalized spacial score (nSPS) is 33.6. The number of carbonyl (C=O) groups is 1. The summed E-state index contributed by atoms with van der Waals surface area (Å²) in [6.45, 7) is 4.76. The third-order valence-corrected chi connectivity index (χ3v) is 3.94. The van der Waals surface area contributed by atoms with E-state index >= 15 is 0 Å². The largest absolute Gasteiger partial charge is 0.378 e. The first-order valence-corrected chi connectivity index (χ1v) is 6.87. The monoisotopic (exact) mass is 240 g/mol. The molecular formula is C13H24N2O2. The van der Waals surface area contributed by atoms with E-state index in [0.29, 0.717) is 24.5 Å². The van der Waals surface area contributed by atoms with Crippen LogP contribution in [0.4, 0.5) is 0 Å². The Morgan fingerprint density at radius 2 is 2.29 bits per heavy atom. The topological polar surface area (TPSA) is 50.4 Å². The zero-order valence-electron chi connectivity index (χ0n) is 10.7. The minimum atomic E-state index is 0.184. The lowest BCUT2D eigenvalue weighted by atomic mass is 10.0. The standard InChI is InChI=1S/C13H24N2O2/c1-10-11(5-7-17-10)9-15-13(16)8-12-4-2-3-6-14-12/h10-12,14H,2-9H2,1H3,(H,15,16). The number of amides is 1. The fourth-order valence-corrected chi connectivity index (χ4v) is 2.68. The van der Waals surface area contributed by atoms with Gasteiger partial charge >= 0.3 is 0 Å². The molecule has 3 unspecified atom stereocenters. The fraction of sp³-hybridized carbons (Fsp3) is 0.923. The Morgan fingerprint density at radius 1 is 1.41 bits per heavy atom. The summed E-state index contributed by atoms with van der Waals surface area (Å²) in [7, 11) is 0. The molecule has 4 nitrogen and oxygen atoms in total. The number of hydrogen-bond acceptors (Lipinski definition) is 3. The van der Waals surface area contributed by atoms with Crippen LogP contribution in [0.1, 0.15) is 39.0 Å². The summed E-state index contributed by atoms with van der Waals surface area (Å²) >= 11 is 0. The number of piperidine rings is 1. The van der Waals surface area contributed by atoms with Gasteiger partial charge in [-0.1, -0.05) is 6.42 Å². The SMILES string of the molecule is CC1OCCC1CNC(=O)CC1CCCCN1. The van der Waals surface area contributed by atoms with Crippen LogP contribution in [0.15, 0.2) is 0 Å². The zero-order chi connectivity index (χ0) is 12.1. The van der Waals surface area contributed by atoms with Gasteiger partial charge in [-0.3, -0.25) is 4.79 Å². The molecule has 17 heavy (non-hydrogen) atoms. The zero-order valence-corrected chi connectivity index (χ0v) is 10.7. The Balaban J connectivity index is 1.63. The molecule has 0 aromatic rings. The first-order chi connectivity index (χ1) is 8.25. The number of hydrogen-bond donors (Lipinski definition) is 2. The highest BCUT2D eigenvalue weighted by Gasteiger charge is 2.24. The second-order valence-electron chi connectivity index (χ2n) is 5.28. The highest BCUT2D eigenvalue weighted by atomic mass is 16.5. The molecule has 0 aromatic carbocycles. The third-order valence-electron chi connectivity index (χ3n) is 3.94. The first-order valence-electron chi connectivity index (χ1n) is 6.87. The van der Waals surface area contributed by atoms with Crippen molar-refractivity contribution < 1.29 is 9.53 Å². The average molecular weight is 240 g/mol. The summed E-state index contributed by atoms with van der Waals surface area (Å²) < 4.78 is 5.48. The minimum absolute atomic E-state index is 0.184. The summed E-state index contributed by atoms with van der Waals surface area (Å²) in [5, 5.41) is 6.44. The van der Waals surface area contributed by atoms with E-state index in [1.54, 1.807) is 0 Å². The minimum Gasteiger partial charge on any atom is -0.378 e. The maximum absolute atomic E-state index is 11.8. The van der Waals surface area contributed by atoms with Gasteiger partial charge in [-0.25, -0.2) is 0 Å². The van der Waals surface area contributed by atoms with E-state index in [0.717, 1.165) is 32.5 Å². The lowest BCUT2D eigenvalue weighted by Gasteiger charge is -2.23. The van der Waals surface area contributed by atoms with Crippen molar-refractivity contribution in [3.63, 3.8) is 0 Å². The molecule has 2 rings (SSSR count). The van der Waals surface area contributed by atoms with Crippen molar-refractivity contribution in [1.29, 1.82) is 0 Å². The van der Waals surface area contributed by atoms with Gasteiger partial charge in [0.15, 0.2) is 0 Å². The van der Waals surface area contributed by atoms with Crippen molar-refractivity contribution >= 4 is 5.91 Å². The third kappa shape index (κ3) is 3.96. The van der Waals surface area contributed by atoms with Gasteiger partial charge in [0.25, 0.3) is 0 Å². The van der Waals surface area contributed by atoms with Crippen LogP contribution in [0.3, 0.4) is 0 Å². The molecule has 0 aliphatic carbocycles. The Morgan fingerprint density at radius 3 is 2.94 bits per heavy atom.